The first-order valence-electron chi connectivity index (χ1n) is 11.6. The molecule has 0 radical (unpaired) electrons. The molecule has 0 aromatic heterocycles. The molecule has 1 aromatic rings. The zero-order chi connectivity index (χ0) is 21.5. The van der Waals surface area contributed by atoms with Crippen molar-refractivity contribution in [1.82, 2.24) is 10.6 Å². The van der Waals surface area contributed by atoms with E-state index < -0.39 is 6.10 Å². The van der Waals surface area contributed by atoms with Crippen molar-refractivity contribution >= 4 is 11.8 Å². The van der Waals surface area contributed by atoms with Gasteiger partial charge in [-0.3, -0.25) is 9.59 Å². The Balaban J connectivity index is 1.46. The van der Waals surface area contributed by atoms with Crippen LogP contribution in [0.15, 0.2) is 30.3 Å². The van der Waals surface area contributed by atoms with Gasteiger partial charge < -0.3 is 15.7 Å². The Hall–Kier alpha value is -1.88. The Kier molecular flexibility index (Phi) is 5.93. The molecule has 5 heteroatoms. The molecule has 0 aliphatic heterocycles. The smallest absolute Gasteiger partial charge is 0.251 e. The highest BCUT2D eigenvalue weighted by atomic mass is 16.3. The number of aliphatic hydroxyl groups excluding tert-OH is 1. The van der Waals surface area contributed by atoms with Crippen LogP contribution in [0.3, 0.4) is 0 Å². The molecule has 0 heterocycles. The van der Waals surface area contributed by atoms with E-state index in [1.54, 1.807) is 0 Å². The summed E-state index contributed by atoms with van der Waals surface area (Å²) in [5.74, 6) is 0.0808. The van der Waals surface area contributed by atoms with Gasteiger partial charge in [0, 0.05) is 23.6 Å². The van der Waals surface area contributed by atoms with E-state index in [2.05, 4.69) is 24.5 Å². The summed E-state index contributed by atoms with van der Waals surface area (Å²) in [6, 6.07) is 9.71. The minimum absolute atomic E-state index is 0.0205. The van der Waals surface area contributed by atoms with Crippen LogP contribution in [0.4, 0.5) is 0 Å². The number of benzene rings is 1. The SMILES string of the molecule is C[C@H]1[C@@H]2[C@@H](O)C([C@H](C)C(=O)NC3CC3)CC[C@@]2(C)CC[C@@H]1NC(=O)c1ccccc1. The molecule has 3 N–H and O–H groups in total. The molecule has 7 atom stereocenters. The van der Waals surface area contributed by atoms with Gasteiger partial charge in [0.2, 0.25) is 5.91 Å². The number of carbonyl (C=O) groups excluding carboxylic acids is 2. The van der Waals surface area contributed by atoms with Gasteiger partial charge in [-0.1, -0.05) is 39.0 Å². The van der Waals surface area contributed by atoms with Crippen molar-refractivity contribution in [1.29, 1.82) is 0 Å². The van der Waals surface area contributed by atoms with Crippen LogP contribution in [0.1, 0.15) is 69.7 Å². The summed E-state index contributed by atoms with van der Waals surface area (Å²) >= 11 is 0. The highest BCUT2D eigenvalue weighted by molar-refractivity contribution is 5.94. The van der Waals surface area contributed by atoms with Crippen molar-refractivity contribution in [3.05, 3.63) is 35.9 Å². The van der Waals surface area contributed by atoms with Crippen molar-refractivity contribution < 1.29 is 14.7 Å². The standard InChI is InChI=1S/C25H36N2O3/c1-15(23(29)26-18-9-10-18)19-11-13-25(3)14-12-20(16(2)21(25)22(19)28)27-24(30)17-7-5-4-6-8-17/h4-8,15-16,18-22,28H,9-14H2,1-3H3,(H,26,29)(H,27,30)/t15-,16+,19?,20-,21+,22-,25-/m0/s1. The van der Waals surface area contributed by atoms with Gasteiger partial charge in [0.25, 0.3) is 5.91 Å². The Labute approximate surface area is 180 Å². The number of amides is 2. The second-order valence-corrected chi connectivity index (χ2v) is 10.3. The van der Waals surface area contributed by atoms with Crippen molar-refractivity contribution in [3.63, 3.8) is 0 Å². The Bertz CT molecular complexity index is 778. The third kappa shape index (κ3) is 4.14. The minimum Gasteiger partial charge on any atom is -0.392 e. The summed E-state index contributed by atoms with van der Waals surface area (Å²) in [6.07, 6.45) is 5.48. The van der Waals surface area contributed by atoms with Crippen LogP contribution in [0.5, 0.6) is 0 Å². The highest BCUT2D eigenvalue weighted by Gasteiger charge is 2.54. The molecule has 30 heavy (non-hydrogen) atoms. The lowest BCUT2D eigenvalue weighted by atomic mass is 9.51. The predicted octanol–water partition coefficient (Wildman–Crippen LogP) is 3.52. The monoisotopic (exact) mass is 412 g/mol. The summed E-state index contributed by atoms with van der Waals surface area (Å²) in [7, 11) is 0. The average Bonchev–Trinajstić information content (AvgIpc) is 3.54. The number of fused-ring (bicyclic) bond motifs is 1. The number of nitrogens with one attached hydrogen (secondary N) is 2. The van der Waals surface area contributed by atoms with E-state index in [9.17, 15) is 14.7 Å². The van der Waals surface area contributed by atoms with Gasteiger partial charge in [0.15, 0.2) is 0 Å². The van der Waals surface area contributed by atoms with Crippen molar-refractivity contribution in [2.24, 2.45) is 29.1 Å². The van der Waals surface area contributed by atoms with Gasteiger partial charge in [-0.15, -0.1) is 0 Å². The maximum Gasteiger partial charge on any atom is 0.251 e. The van der Waals surface area contributed by atoms with Gasteiger partial charge in [0.1, 0.15) is 0 Å². The molecule has 3 aliphatic rings. The lowest BCUT2D eigenvalue weighted by molar-refractivity contribution is -0.142. The molecule has 3 fully saturated rings. The topological polar surface area (TPSA) is 78.4 Å². The summed E-state index contributed by atoms with van der Waals surface area (Å²) in [5, 5.41) is 17.8. The maximum atomic E-state index is 12.7. The molecule has 2 amide bonds. The third-order valence-electron chi connectivity index (χ3n) is 8.22. The number of hydrogen-bond acceptors (Lipinski definition) is 3. The maximum absolute atomic E-state index is 12.7. The molecular weight excluding hydrogens is 376 g/mol. The predicted molar refractivity (Wildman–Crippen MR) is 117 cm³/mol. The van der Waals surface area contributed by atoms with Gasteiger partial charge in [-0.2, -0.15) is 0 Å². The highest BCUT2D eigenvalue weighted by Crippen LogP contribution is 2.55. The first-order valence-corrected chi connectivity index (χ1v) is 11.6. The van der Waals surface area contributed by atoms with E-state index in [0.29, 0.717) is 11.6 Å². The van der Waals surface area contributed by atoms with Crippen LogP contribution in [0, 0.1) is 29.1 Å². The molecule has 5 nitrogen and oxygen atoms in total. The van der Waals surface area contributed by atoms with E-state index in [-0.39, 0.29) is 46.9 Å². The average molecular weight is 413 g/mol. The van der Waals surface area contributed by atoms with Gasteiger partial charge in [-0.25, -0.2) is 0 Å². The van der Waals surface area contributed by atoms with E-state index >= 15 is 0 Å². The first kappa shape index (κ1) is 21.4. The van der Waals surface area contributed by atoms with Crippen LogP contribution in [-0.4, -0.2) is 35.1 Å². The molecule has 164 valence electrons. The zero-order valence-electron chi connectivity index (χ0n) is 18.4. The summed E-state index contributed by atoms with van der Waals surface area (Å²) in [6.45, 7) is 6.42. The Morgan fingerprint density at radius 3 is 2.40 bits per heavy atom. The van der Waals surface area contributed by atoms with Crippen molar-refractivity contribution in [2.75, 3.05) is 0 Å². The quantitative estimate of drug-likeness (QED) is 0.692. The fourth-order valence-electron chi connectivity index (χ4n) is 6.09. The molecular formula is C25H36N2O3. The first-order chi connectivity index (χ1) is 14.3. The van der Waals surface area contributed by atoms with Crippen molar-refractivity contribution in [3.8, 4) is 0 Å². The molecule has 3 saturated carbocycles. The molecule has 3 aliphatic carbocycles. The van der Waals surface area contributed by atoms with Gasteiger partial charge in [-0.05, 0) is 73.8 Å². The Morgan fingerprint density at radius 1 is 1.07 bits per heavy atom. The van der Waals surface area contributed by atoms with Crippen molar-refractivity contribution in [2.45, 2.75) is 77.5 Å². The fraction of sp³-hybridized carbons (Fsp3) is 0.680. The third-order valence-corrected chi connectivity index (χ3v) is 8.22. The van der Waals surface area contributed by atoms with Crippen LogP contribution in [0.2, 0.25) is 0 Å². The van der Waals surface area contributed by atoms with Crippen LogP contribution < -0.4 is 10.6 Å². The van der Waals surface area contributed by atoms with E-state index in [4.69, 9.17) is 0 Å². The molecule has 0 bridgehead atoms. The van der Waals surface area contributed by atoms with Gasteiger partial charge in [0.05, 0.1) is 6.10 Å². The molecule has 0 spiro atoms. The number of rotatable bonds is 5. The normalized spacial score (nSPS) is 37.0. The van der Waals surface area contributed by atoms with Gasteiger partial charge >= 0.3 is 0 Å². The summed E-state index contributed by atoms with van der Waals surface area (Å²) < 4.78 is 0. The number of hydrogen-bond donors (Lipinski definition) is 3. The van der Waals surface area contributed by atoms with E-state index in [0.717, 1.165) is 38.5 Å². The summed E-state index contributed by atoms with van der Waals surface area (Å²) in [4.78, 5) is 25.4. The van der Waals surface area contributed by atoms with Crippen LogP contribution in [-0.2, 0) is 4.79 Å². The lowest BCUT2D eigenvalue weighted by Gasteiger charge is -2.56. The minimum atomic E-state index is -0.518. The molecule has 0 saturated heterocycles. The molecule has 1 unspecified atom stereocenters. The Morgan fingerprint density at radius 2 is 1.73 bits per heavy atom. The van der Waals surface area contributed by atoms with E-state index in [1.807, 2.05) is 37.3 Å². The second-order valence-electron chi connectivity index (χ2n) is 10.3. The van der Waals surface area contributed by atoms with Crippen LogP contribution in [0.25, 0.3) is 0 Å². The largest absolute Gasteiger partial charge is 0.392 e. The fourth-order valence-corrected chi connectivity index (χ4v) is 6.09. The summed E-state index contributed by atoms with van der Waals surface area (Å²) in [5.41, 5.74) is 0.737. The lowest BCUT2D eigenvalue weighted by Crippen LogP contribution is -2.58. The second kappa shape index (κ2) is 8.33. The number of aliphatic hydroxyl groups is 1. The van der Waals surface area contributed by atoms with E-state index in [1.165, 1.54) is 0 Å². The molecule has 1 aromatic carbocycles. The zero-order valence-corrected chi connectivity index (χ0v) is 18.4. The van der Waals surface area contributed by atoms with Crippen LogP contribution >= 0.6 is 0 Å². The number of carbonyl (C=O) groups is 2. The molecule has 4 rings (SSSR count).